The van der Waals surface area contributed by atoms with Gasteiger partial charge in [0.2, 0.25) is 15.9 Å². The Bertz CT molecular complexity index is 1190. The van der Waals surface area contributed by atoms with Crippen LogP contribution in [-0.2, 0) is 19.6 Å². The largest absolute Gasteiger partial charge is 0.493 e. The lowest BCUT2D eigenvalue weighted by Crippen LogP contribution is -2.49. The number of ether oxygens (including phenoxy) is 2. The Kier molecular flexibility index (Phi) is 8.18. The summed E-state index contributed by atoms with van der Waals surface area (Å²) >= 11 is 6.12. The summed E-state index contributed by atoms with van der Waals surface area (Å²) in [5.41, 5.74) is 0.248. The predicted octanol–water partition coefficient (Wildman–Crippen LogP) is 4.03. The van der Waals surface area contributed by atoms with E-state index in [9.17, 15) is 22.0 Å². The van der Waals surface area contributed by atoms with E-state index in [0.29, 0.717) is 56.0 Å². The van der Waals surface area contributed by atoms with Crippen molar-refractivity contribution in [2.24, 2.45) is 5.41 Å². The van der Waals surface area contributed by atoms with Crippen molar-refractivity contribution in [1.29, 1.82) is 0 Å². The number of piperidine rings is 1. The van der Waals surface area contributed by atoms with Crippen molar-refractivity contribution in [3.05, 3.63) is 58.6 Å². The number of amides is 1. The lowest BCUT2D eigenvalue weighted by atomic mass is 9.76. The Morgan fingerprint density at radius 1 is 1.06 bits per heavy atom. The smallest absolute Gasteiger partial charge is 0.243 e. The molecule has 0 spiro atoms. The standard InChI is InChI=1S/C25H29ClF2N2O5S/c1-18-12-21(2-3-23(18)26)35-17-25(16-24(31)29-8-10-34-11-9-29)4-6-30(7-5-25)36(32,33)22-14-19(27)13-20(28)15-22/h2-3,12-15H,4-11,16-17H2,1H3. The van der Waals surface area contributed by atoms with Crippen LogP contribution in [0.1, 0.15) is 24.8 Å². The molecule has 0 N–H and O–H groups in total. The number of rotatable bonds is 7. The van der Waals surface area contributed by atoms with Crippen molar-refractivity contribution in [1.82, 2.24) is 9.21 Å². The third kappa shape index (κ3) is 6.16. The molecule has 2 saturated heterocycles. The van der Waals surface area contributed by atoms with Crippen LogP contribution in [0.3, 0.4) is 0 Å². The summed E-state index contributed by atoms with van der Waals surface area (Å²) in [7, 11) is -4.10. The van der Waals surface area contributed by atoms with Gasteiger partial charge in [0.25, 0.3) is 0 Å². The molecule has 2 aromatic rings. The van der Waals surface area contributed by atoms with Gasteiger partial charge in [0.1, 0.15) is 17.4 Å². The Morgan fingerprint density at radius 3 is 2.31 bits per heavy atom. The van der Waals surface area contributed by atoms with Gasteiger partial charge in [-0.2, -0.15) is 4.31 Å². The minimum absolute atomic E-state index is 0.0299. The van der Waals surface area contributed by atoms with Crippen LogP contribution in [0.15, 0.2) is 41.3 Å². The summed E-state index contributed by atoms with van der Waals surface area (Å²) in [6.07, 6.45) is 0.904. The normalized spacial score (nSPS) is 18.7. The minimum atomic E-state index is -4.10. The maximum absolute atomic E-state index is 13.7. The van der Waals surface area contributed by atoms with Crippen LogP contribution < -0.4 is 4.74 Å². The van der Waals surface area contributed by atoms with E-state index in [1.54, 1.807) is 17.0 Å². The SMILES string of the molecule is Cc1cc(OCC2(CC(=O)N3CCOCC3)CCN(S(=O)(=O)c3cc(F)cc(F)c3)CC2)ccc1Cl. The lowest BCUT2D eigenvalue weighted by Gasteiger charge is -2.41. The summed E-state index contributed by atoms with van der Waals surface area (Å²) in [6, 6.07) is 7.57. The van der Waals surface area contributed by atoms with E-state index in [4.69, 9.17) is 21.1 Å². The summed E-state index contributed by atoms with van der Waals surface area (Å²) in [4.78, 5) is 14.5. The number of halogens is 3. The highest BCUT2D eigenvalue weighted by Gasteiger charge is 2.42. The van der Waals surface area contributed by atoms with Gasteiger partial charge in [0, 0.05) is 49.1 Å². The van der Waals surface area contributed by atoms with E-state index in [-0.39, 0.29) is 32.0 Å². The summed E-state index contributed by atoms with van der Waals surface area (Å²) in [6.45, 7) is 4.26. The number of hydrogen-bond donors (Lipinski definition) is 0. The summed E-state index contributed by atoms with van der Waals surface area (Å²) < 4.78 is 66.2. The average Bonchev–Trinajstić information content (AvgIpc) is 2.85. The fraction of sp³-hybridized carbons (Fsp3) is 0.480. The van der Waals surface area contributed by atoms with Crippen molar-refractivity contribution < 1.29 is 31.5 Å². The number of carbonyl (C=O) groups is 1. The molecule has 0 aromatic heterocycles. The van der Waals surface area contributed by atoms with Gasteiger partial charge in [-0.15, -0.1) is 0 Å². The molecule has 2 fully saturated rings. The molecule has 2 heterocycles. The zero-order valence-electron chi connectivity index (χ0n) is 20.0. The minimum Gasteiger partial charge on any atom is -0.493 e. The van der Waals surface area contributed by atoms with Crippen LogP contribution in [0, 0.1) is 24.0 Å². The number of nitrogens with zero attached hydrogens (tertiary/aromatic N) is 2. The second-order valence-electron chi connectivity index (χ2n) is 9.38. The van der Waals surface area contributed by atoms with E-state index in [1.807, 2.05) is 13.0 Å². The third-order valence-electron chi connectivity index (χ3n) is 6.82. The number of aryl methyl sites for hydroxylation is 1. The van der Waals surface area contributed by atoms with E-state index >= 15 is 0 Å². The number of morpholine rings is 1. The maximum Gasteiger partial charge on any atom is 0.243 e. The monoisotopic (exact) mass is 542 g/mol. The zero-order chi connectivity index (χ0) is 25.9. The van der Waals surface area contributed by atoms with Crippen LogP contribution in [0.2, 0.25) is 5.02 Å². The molecular formula is C25H29ClF2N2O5S. The summed E-state index contributed by atoms with van der Waals surface area (Å²) in [5, 5.41) is 0.617. The molecule has 11 heteroatoms. The highest BCUT2D eigenvalue weighted by Crippen LogP contribution is 2.38. The zero-order valence-corrected chi connectivity index (χ0v) is 21.6. The van der Waals surface area contributed by atoms with Crippen LogP contribution in [0.5, 0.6) is 5.75 Å². The van der Waals surface area contributed by atoms with E-state index in [0.717, 1.165) is 17.7 Å². The van der Waals surface area contributed by atoms with Crippen LogP contribution in [-0.4, -0.2) is 69.5 Å². The van der Waals surface area contributed by atoms with Crippen LogP contribution in [0.25, 0.3) is 0 Å². The molecule has 2 aromatic carbocycles. The van der Waals surface area contributed by atoms with Gasteiger partial charge in [0.15, 0.2) is 0 Å². The Hall–Kier alpha value is -2.27. The van der Waals surface area contributed by atoms with Gasteiger partial charge in [-0.05, 0) is 55.7 Å². The molecule has 0 bridgehead atoms. The first kappa shape index (κ1) is 26.8. The predicted molar refractivity (Wildman–Crippen MR) is 130 cm³/mol. The number of hydrogen-bond acceptors (Lipinski definition) is 5. The van der Waals surface area contributed by atoms with E-state index in [1.165, 1.54) is 4.31 Å². The molecule has 0 atom stereocenters. The molecular weight excluding hydrogens is 514 g/mol. The molecule has 0 unspecified atom stereocenters. The Balaban J connectivity index is 1.51. The van der Waals surface area contributed by atoms with Crippen LogP contribution >= 0.6 is 11.6 Å². The summed E-state index contributed by atoms with van der Waals surface area (Å²) in [5.74, 6) is -1.33. The highest BCUT2D eigenvalue weighted by atomic mass is 35.5. The molecule has 0 aliphatic carbocycles. The first-order valence-electron chi connectivity index (χ1n) is 11.8. The first-order chi connectivity index (χ1) is 17.1. The topological polar surface area (TPSA) is 76.2 Å². The Morgan fingerprint density at radius 2 is 1.69 bits per heavy atom. The van der Waals surface area contributed by atoms with Gasteiger partial charge in [-0.25, -0.2) is 17.2 Å². The third-order valence-corrected chi connectivity index (χ3v) is 9.12. The maximum atomic E-state index is 13.7. The molecule has 7 nitrogen and oxygen atoms in total. The molecule has 0 radical (unpaired) electrons. The van der Waals surface area contributed by atoms with Gasteiger partial charge in [-0.3, -0.25) is 4.79 Å². The van der Waals surface area contributed by atoms with Crippen molar-refractivity contribution >= 4 is 27.5 Å². The second kappa shape index (κ2) is 11.0. The average molecular weight is 543 g/mol. The second-order valence-corrected chi connectivity index (χ2v) is 11.7. The van der Waals surface area contributed by atoms with E-state index < -0.39 is 32.0 Å². The molecule has 4 rings (SSSR count). The molecule has 196 valence electrons. The quantitative estimate of drug-likeness (QED) is 0.528. The molecule has 36 heavy (non-hydrogen) atoms. The fourth-order valence-electron chi connectivity index (χ4n) is 4.59. The lowest BCUT2D eigenvalue weighted by molar-refractivity contribution is -0.139. The molecule has 2 aliphatic rings. The van der Waals surface area contributed by atoms with Crippen molar-refractivity contribution in [3.63, 3.8) is 0 Å². The highest BCUT2D eigenvalue weighted by molar-refractivity contribution is 7.89. The number of sulfonamides is 1. The van der Waals surface area contributed by atoms with Gasteiger partial charge >= 0.3 is 0 Å². The van der Waals surface area contributed by atoms with Crippen molar-refractivity contribution in [2.45, 2.75) is 31.1 Å². The Labute approximate surface area is 215 Å². The number of carbonyl (C=O) groups excluding carboxylic acids is 1. The molecule has 1 amide bonds. The first-order valence-corrected chi connectivity index (χ1v) is 13.6. The van der Waals surface area contributed by atoms with Crippen LogP contribution in [0.4, 0.5) is 8.78 Å². The van der Waals surface area contributed by atoms with Gasteiger partial charge < -0.3 is 14.4 Å². The van der Waals surface area contributed by atoms with E-state index in [2.05, 4.69) is 0 Å². The van der Waals surface area contributed by atoms with Gasteiger partial charge in [-0.1, -0.05) is 11.6 Å². The number of benzene rings is 2. The van der Waals surface area contributed by atoms with Gasteiger partial charge in [0.05, 0.1) is 24.7 Å². The fourth-order valence-corrected chi connectivity index (χ4v) is 6.19. The van der Waals surface area contributed by atoms with Crippen molar-refractivity contribution in [2.75, 3.05) is 46.0 Å². The molecule has 0 saturated carbocycles. The van der Waals surface area contributed by atoms with Crippen molar-refractivity contribution in [3.8, 4) is 5.75 Å². The molecule has 2 aliphatic heterocycles.